The molecule has 2 aliphatic rings. The summed E-state index contributed by atoms with van der Waals surface area (Å²) in [6.45, 7) is 1.36. The van der Waals surface area contributed by atoms with E-state index in [9.17, 15) is 9.59 Å². The van der Waals surface area contributed by atoms with Gasteiger partial charge in [0.05, 0.1) is 12.5 Å². The molecule has 7 nitrogen and oxygen atoms in total. The molecule has 2 heterocycles. The molecule has 1 aliphatic heterocycles. The Morgan fingerprint density at radius 1 is 1.47 bits per heavy atom. The Balaban J connectivity index is 1.83. The van der Waals surface area contributed by atoms with E-state index in [4.69, 9.17) is 9.84 Å². The zero-order valence-corrected chi connectivity index (χ0v) is 8.99. The minimum Gasteiger partial charge on any atom is -0.459 e. The van der Waals surface area contributed by atoms with Gasteiger partial charge in [-0.2, -0.15) is 0 Å². The van der Waals surface area contributed by atoms with Gasteiger partial charge in [0.1, 0.15) is 11.8 Å². The van der Waals surface area contributed by atoms with E-state index in [0.717, 1.165) is 0 Å². The smallest absolute Gasteiger partial charge is 0.310 e. The molecule has 1 saturated carbocycles. The van der Waals surface area contributed by atoms with E-state index in [-0.39, 0.29) is 24.0 Å². The van der Waals surface area contributed by atoms with Crippen molar-refractivity contribution in [3.63, 3.8) is 0 Å². The lowest BCUT2D eigenvalue weighted by molar-refractivity contribution is -0.147. The molecule has 2 fully saturated rings. The van der Waals surface area contributed by atoms with E-state index in [1.54, 1.807) is 6.92 Å². The lowest BCUT2D eigenvalue weighted by Crippen LogP contribution is -2.23. The maximum absolute atomic E-state index is 12.1. The van der Waals surface area contributed by atoms with Gasteiger partial charge in [0, 0.05) is 11.8 Å². The second-order valence-electron chi connectivity index (χ2n) is 4.35. The number of carbonyl (C=O) groups is 2. The average molecular weight is 238 g/mol. The molecule has 0 aromatic carbocycles. The number of aliphatic hydroxyl groups is 1. The van der Waals surface area contributed by atoms with Crippen LogP contribution < -0.4 is 0 Å². The van der Waals surface area contributed by atoms with E-state index >= 15 is 0 Å². The van der Waals surface area contributed by atoms with Crippen LogP contribution in [-0.2, 0) is 9.53 Å². The number of carbonyl (C=O) groups excluding carboxylic acids is 2. The van der Waals surface area contributed by atoms with Gasteiger partial charge in [0.25, 0.3) is 0 Å². The Kier molecular flexibility index (Phi) is 2.06. The number of Topliss-reactive ketones (excluding diaryl/α,β-unsaturated/α-hetero) is 1. The number of aromatic nitrogens is 2. The number of aliphatic hydroxyl groups excluding tert-OH is 1. The molecule has 0 amide bonds. The van der Waals surface area contributed by atoms with E-state index in [1.807, 2.05) is 0 Å². The largest absolute Gasteiger partial charge is 0.459 e. The van der Waals surface area contributed by atoms with Crippen molar-refractivity contribution in [2.45, 2.75) is 13.0 Å². The second-order valence-corrected chi connectivity index (χ2v) is 4.35. The Morgan fingerprint density at radius 3 is 2.82 bits per heavy atom. The summed E-state index contributed by atoms with van der Waals surface area (Å²) in [5, 5.41) is 16.1. The molecule has 0 bridgehead atoms. The zero-order chi connectivity index (χ0) is 12.2. The van der Waals surface area contributed by atoms with Gasteiger partial charge < -0.3 is 9.84 Å². The Hall–Kier alpha value is -1.76. The fourth-order valence-corrected chi connectivity index (χ4v) is 2.52. The van der Waals surface area contributed by atoms with Crippen LogP contribution in [0.3, 0.4) is 0 Å². The first-order valence-electron chi connectivity index (χ1n) is 5.30. The number of nitrogens with zero attached hydrogens (tertiary/aromatic N) is 2. The predicted octanol–water partition coefficient (Wildman–Crippen LogP) is -0.659. The topological polar surface area (TPSA) is 103 Å². The third-order valence-electron chi connectivity index (χ3n) is 3.41. The third kappa shape index (κ3) is 1.32. The van der Waals surface area contributed by atoms with Crippen molar-refractivity contribution in [1.82, 2.24) is 10.3 Å². The summed E-state index contributed by atoms with van der Waals surface area (Å²) >= 11 is 0. The summed E-state index contributed by atoms with van der Waals surface area (Å²) in [6.07, 6.45) is -0.568. The van der Waals surface area contributed by atoms with Crippen LogP contribution in [0.15, 0.2) is 4.63 Å². The molecule has 1 aromatic heterocycles. The second kappa shape index (κ2) is 3.36. The third-order valence-corrected chi connectivity index (χ3v) is 3.41. The van der Waals surface area contributed by atoms with Crippen molar-refractivity contribution in [3.05, 3.63) is 11.4 Å². The molecule has 4 atom stereocenters. The highest BCUT2D eigenvalue weighted by Crippen LogP contribution is 2.56. The lowest BCUT2D eigenvalue weighted by atomic mass is 10.1. The van der Waals surface area contributed by atoms with Crippen LogP contribution in [0.2, 0.25) is 0 Å². The predicted molar refractivity (Wildman–Crippen MR) is 50.8 cm³/mol. The van der Waals surface area contributed by atoms with Crippen molar-refractivity contribution in [2.75, 3.05) is 6.61 Å². The molecule has 0 radical (unpaired) electrons. The normalized spacial score (nSPS) is 34.4. The first-order valence-corrected chi connectivity index (χ1v) is 5.30. The van der Waals surface area contributed by atoms with E-state index in [1.165, 1.54) is 0 Å². The fraction of sp³-hybridized carbons (Fsp3) is 0.600. The summed E-state index contributed by atoms with van der Waals surface area (Å²) in [4.78, 5) is 23.5. The van der Waals surface area contributed by atoms with E-state index < -0.39 is 23.9 Å². The lowest BCUT2D eigenvalue weighted by Gasteiger charge is -2.10. The summed E-state index contributed by atoms with van der Waals surface area (Å²) in [6, 6.07) is 0. The molecule has 1 aromatic rings. The Labute approximate surface area is 95.7 Å². The van der Waals surface area contributed by atoms with Crippen LogP contribution >= 0.6 is 0 Å². The molecule has 1 N–H and O–H groups in total. The minimum absolute atomic E-state index is 0.161. The number of ether oxygens (including phenoxy) is 1. The number of rotatable bonds is 3. The zero-order valence-electron chi connectivity index (χ0n) is 8.99. The number of cyclic esters (lactones) is 1. The molecule has 1 saturated heterocycles. The van der Waals surface area contributed by atoms with Crippen LogP contribution in [-0.4, -0.2) is 39.9 Å². The van der Waals surface area contributed by atoms with Gasteiger partial charge in [0.2, 0.25) is 0 Å². The van der Waals surface area contributed by atoms with Crippen LogP contribution in [0.1, 0.15) is 16.2 Å². The first-order chi connectivity index (χ1) is 8.15. The Morgan fingerprint density at radius 2 is 2.24 bits per heavy atom. The van der Waals surface area contributed by atoms with Crippen molar-refractivity contribution < 1.29 is 24.1 Å². The quantitative estimate of drug-likeness (QED) is 0.550. The van der Waals surface area contributed by atoms with Crippen molar-refractivity contribution in [3.8, 4) is 0 Å². The molecule has 0 spiro atoms. The number of hydrogen-bond acceptors (Lipinski definition) is 7. The molecule has 17 heavy (non-hydrogen) atoms. The van der Waals surface area contributed by atoms with Gasteiger partial charge in [-0.15, -0.1) is 0 Å². The summed E-state index contributed by atoms with van der Waals surface area (Å²) < 4.78 is 9.36. The van der Waals surface area contributed by atoms with Gasteiger partial charge >= 0.3 is 5.97 Å². The number of esters is 1. The van der Waals surface area contributed by atoms with Crippen molar-refractivity contribution in [2.24, 2.45) is 17.8 Å². The molecular formula is C10H10N2O5. The van der Waals surface area contributed by atoms with Crippen LogP contribution in [0.5, 0.6) is 0 Å². The molecule has 90 valence electrons. The van der Waals surface area contributed by atoms with Gasteiger partial charge in [-0.3, -0.25) is 9.59 Å². The maximum Gasteiger partial charge on any atom is 0.310 e. The number of aryl methyl sites for hydroxylation is 1. The van der Waals surface area contributed by atoms with Crippen molar-refractivity contribution >= 4 is 11.8 Å². The summed E-state index contributed by atoms with van der Waals surface area (Å²) in [5.41, 5.74) is 0.572. The molecular weight excluding hydrogens is 228 g/mol. The number of ketones is 1. The van der Waals surface area contributed by atoms with Gasteiger partial charge in [-0.25, -0.2) is 4.63 Å². The SMILES string of the molecule is Cc1nonc1C(=O)[C@H]1[C@H]2C(=O)O[C@H](CO)[C@H]21. The van der Waals surface area contributed by atoms with Crippen LogP contribution in [0, 0.1) is 24.7 Å². The minimum atomic E-state index is -0.568. The summed E-state index contributed by atoms with van der Waals surface area (Å²) in [7, 11) is 0. The van der Waals surface area contributed by atoms with Gasteiger partial charge in [-0.05, 0) is 12.1 Å². The summed E-state index contributed by atoms with van der Waals surface area (Å²) in [5.74, 6) is -1.78. The van der Waals surface area contributed by atoms with Crippen LogP contribution in [0.25, 0.3) is 0 Å². The van der Waals surface area contributed by atoms with E-state index in [2.05, 4.69) is 14.9 Å². The van der Waals surface area contributed by atoms with E-state index in [0.29, 0.717) is 5.69 Å². The van der Waals surface area contributed by atoms with Crippen molar-refractivity contribution in [1.29, 1.82) is 0 Å². The standard InChI is InChI=1S/C10H10N2O5/c1-3-8(12-17-11-3)9(14)6-5-4(2-13)16-10(15)7(5)6/h4-7,13H,2H2,1H3/t4-,5+,6-,7+/m1/s1. The molecule has 1 aliphatic carbocycles. The average Bonchev–Trinajstić information content (AvgIpc) is 2.77. The first kappa shape index (κ1) is 10.4. The monoisotopic (exact) mass is 238 g/mol. The van der Waals surface area contributed by atoms with Gasteiger partial charge in [-0.1, -0.05) is 5.16 Å². The number of hydrogen-bond donors (Lipinski definition) is 1. The maximum atomic E-state index is 12.1. The molecule has 3 rings (SSSR count). The Bertz CT molecular complexity index is 497. The highest BCUT2D eigenvalue weighted by Gasteiger charge is 2.68. The van der Waals surface area contributed by atoms with Crippen LogP contribution in [0.4, 0.5) is 0 Å². The highest BCUT2D eigenvalue weighted by molar-refractivity contribution is 6.03. The fourth-order valence-electron chi connectivity index (χ4n) is 2.52. The highest BCUT2D eigenvalue weighted by atomic mass is 16.6. The number of fused-ring (bicyclic) bond motifs is 1. The molecule has 0 unspecified atom stereocenters. The van der Waals surface area contributed by atoms with Gasteiger partial charge in [0.15, 0.2) is 11.5 Å². The molecule has 7 heteroatoms.